The van der Waals surface area contributed by atoms with E-state index in [4.69, 9.17) is 14.0 Å². The lowest BCUT2D eigenvalue weighted by Crippen LogP contribution is -2.41. The van der Waals surface area contributed by atoms with Gasteiger partial charge in [0.15, 0.2) is 0 Å². The summed E-state index contributed by atoms with van der Waals surface area (Å²) in [6, 6.07) is 7.18. The second kappa shape index (κ2) is 9.38. The van der Waals surface area contributed by atoms with Gasteiger partial charge >= 0.3 is 6.09 Å². The van der Waals surface area contributed by atoms with Gasteiger partial charge in [0, 0.05) is 30.6 Å². The number of hydrogen-bond donors (Lipinski definition) is 1. The number of carbonyl (C=O) groups excluding carboxylic acids is 1. The Morgan fingerprint density at radius 2 is 1.92 bits per heavy atom. The third-order valence-corrected chi connectivity index (χ3v) is 6.43. The van der Waals surface area contributed by atoms with E-state index < -0.39 is 5.60 Å². The molecular formula is C26H30N6O5. The highest BCUT2D eigenvalue weighted by molar-refractivity contribution is 5.73. The van der Waals surface area contributed by atoms with Crippen LogP contribution in [0.25, 0.3) is 28.5 Å². The third kappa shape index (κ3) is 4.93. The first kappa shape index (κ1) is 24.5. The standard InChI is InChI=1S/C26H30N6O5/c1-15-12-17(35-5)6-7-18(15)22-29-24(37-30-22)19-14-27-32-20(13-21(33)28-23(19)32)16-8-10-31(11-9-16)25(34)36-26(2,3)4/h6-7,12-14,16H,8-11H2,1-5H3,(H,28,33). The minimum absolute atomic E-state index is 0.0523. The van der Waals surface area contributed by atoms with Gasteiger partial charge < -0.3 is 23.9 Å². The maximum atomic E-state index is 12.6. The molecule has 0 radical (unpaired) electrons. The highest BCUT2D eigenvalue weighted by Crippen LogP contribution is 2.31. The molecule has 1 aliphatic heterocycles. The average molecular weight is 507 g/mol. The van der Waals surface area contributed by atoms with E-state index in [-0.39, 0.29) is 23.5 Å². The van der Waals surface area contributed by atoms with Crippen LogP contribution in [-0.4, -0.2) is 61.5 Å². The van der Waals surface area contributed by atoms with Crippen LogP contribution in [0.15, 0.2) is 39.8 Å². The number of fused-ring (bicyclic) bond motifs is 1. The summed E-state index contributed by atoms with van der Waals surface area (Å²) in [7, 11) is 1.62. The summed E-state index contributed by atoms with van der Waals surface area (Å²) >= 11 is 0. The molecule has 5 rings (SSSR count). The molecule has 194 valence electrons. The summed E-state index contributed by atoms with van der Waals surface area (Å²) in [6.45, 7) is 8.58. The molecule has 3 aromatic heterocycles. The Bertz CT molecular complexity index is 1500. The SMILES string of the molecule is COc1ccc(-c2noc(-c3cnn4c(C5CCN(C(=O)OC(C)(C)C)CC5)cc(=O)[nH]c34)n2)c(C)c1. The van der Waals surface area contributed by atoms with Crippen molar-refractivity contribution < 1.29 is 18.8 Å². The summed E-state index contributed by atoms with van der Waals surface area (Å²) in [4.78, 5) is 34.2. The summed E-state index contributed by atoms with van der Waals surface area (Å²) in [5.41, 5.74) is 2.77. The number of ether oxygens (including phenoxy) is 2. The van der Waals surface area contributed by atoms with Crippen LogP contribution in [0.1, 0.15) is 50.8 Å². The second-order valence-electron chi connectivity index (χ2n) is 10.2. The molecule has 0 unspecified atom stereocenters. The second-order valence-corrected chi connectivity index (χ2v) is 10.2. The van der Waals surface area contributed by atoms with Gasteiger partial charge in [0.05, 0.1) is 19.0 Å². The van der Waals surface area contributed by atoms with E-state index in [0.29, 0.717) is 43.0 Å². The van der Waals surface area contributed by atoms with Gasteiger partial charge in [-0.25, -0.2) is 9.31 Å². The van der Waals surface area contributed by atoms with Crippen molar-refractivity contribution in [3.05, 3.63) is 52.1 Å². The molecule has 4 heterocycles. The molecule has 37 heavy (non-hydrogen) atoms. The average Bonchev–Trinajstić information content (AvgIpc) is 3.49. The summed E-state index contributed by atoms with van der Waals surface area (Å²) in [5, 5.41) is 8.68. The zero-order chi connectivity index (χ0) is 26.3. The number of aromatic nitrogens is 5. The van der Waals surface area contributed by atoms with Crippen LogP contribution < -0.4 is 10.3 Å². The van der Waals surface area contributed by atoms with Crippen molar-refractivity contribution in [2.24, 2.45) is 0 Å². The van der Waals surface area contributed by atoms with Gasteiger partial charge in [-0.2, -0.15) is 10.1 Å². The van der Waals surface area contributed by atoms with E-state index in [1.165, 1.54) is 0 Å². The van der Waals surface area contributed by atoms with Crippen LogP contribution in [0.5, 0.6) is 5.75 Å². The van der Waals surface area contributed by atoms with Crippen LogP contribution in [-0.2, 0) is 4.74 Å². The molecule has 0 saturated carbocycles. The Labute approximate surface area is 213 Å². The van der Waals surface area contributed by atoms with E-state index in [2.05, 4.69) is 20.2 Å². The van der Waals surface area contributed by atoms with Crippen LogP contribution >= 0.6 is 0 Å². The molecule has 4 aromatic rings. The lowest BCUT2D eigenvalue weighted by molar-refractivity contribution is 0.0203. The van der Waals surface area contributed by atoms with Gasteiger partial charge in [0.1, 0.15) is 22.6 Å². The number of likely N-dealkylation sites (tertiary alicyclic amines) is 1. The first-order valence-electron chi connectivity index (χ1n) is 12.2. The fourth-order valence-corrected chi connectivity index (χ4v) is 4.60. The van der Waals surface area contributed by atoms with Crippen molar-refractivity contribution in [1.29, 1.82) is 0 Å². The lowest BCUT2D eigenvalue weighted by atomic mass is 9.93. The largest absolute Gasteiger partial charge is 0.497 e. The number of aryl methyl sites for hydroxylation is 1. The normalized spacial score (nSPS) is 14.8. The van der Waals surface area contributed by atoms with E-state index in [0.717, 1.165) is 22.6 Å². The number of benzene rings is 1. The minimum Gasteiger partial charge on any atom is -0.497 e. The van der Waals surface area contributed by atoms with Gasteiger partial charge in [-0.3, -0.25) is 4.79 Å². The topological polar surface area (TPSA) is 128 Å². The number of H-pyrrole nitrogens is 1. The number of piperidine rings is 1. The first-order valence-corrected chi connectivity index (χ1v) is 12.2. The number of hydrogen-bond acceptors (Lipinski definition) is 8. The molecule has 1 aliphatic rings. The Balaban J connectivity index is 1.41. The van der Waals surface area contributed by atoms with Gasteiger partial charge in [-0.05, 0) is 64.3 Å². The molecule has 1 aromatic carbocycles. The third-order valence-electron chi connectivity index (χ3n) is 6.43. The summed E-state index contributed by atoms with van der Waals surface area (Å²) < 4.78 is 18.0. The van der Waals surface area contributed by atoms with Crippen LogP contribution in [0.4, 0.5) is 4.79 Å². The Morgan fingerprint density at radius 3 is 2.59 bits per heavy atom. The zero-order valence-corrected chi connectivity index (χ0v) is 21.6. The molecule has 1 N–H and O–H groups in total. The molecular weight excluding hydrogens is 476 g/mol. The Morgan fingerprint density at radius 1 is 1.16 bits per heavy atom. The van der Waals surface area contributed by atoms with E-state index in [1.807, 2.05) is 45.9 Å². The number of rotatable bonds is 4. The Hall–Kier alpha value is -4.15. The number of amides is 1. The van der Waals surface area contributed by atoms with Crippen molar-refractivity contribution in [3.63, 3.8) is 0 Å². The number of aromatic amines is 1. The minimum atomic E-state index is -0.543. The molecule has 11 heteroatoms. The maximum absolute atomic E-state index is 12.6. The van der Waals surface area contributed by atoms with Gasteiger partial charge in [0.25, 0.3) is 11.4 Å². The van der Waals surface area contributed by atoms with Gasteiger partial charge in [-0.1, -0.05) is 5.16 Å². The lowest BCUT2D eigenvalue weighted by Gasteiger charge is -2.33. The van der Waals surface area contributed by atoms with Crippen molar-refractivity contribution in [2.75, 3.05) is 20.2 Å². The monoisotopic (exact) mass is 506 g/mol. The van der Waals surface area contributed by atoms with Crippen molar-refractivity contribution in [1.82, 2.24) is 29.6 Å². The highest BCUT2D eigenvalue weighted by atomic mass is 16.6. The molecule has 0 spiro atoms. The highest BCUT2D eigenvalue weighted by Gasteiger charge is 2.29. The fraction of sp³-hybridized carbons (Fsp3) is 0.423. The van der Waals surface area contributed by atoms with Crippen LogP contribution in [0.2, 0.25) is 0 Å². The van der Waals surface area contributed by atoms with Crippen molar-refractivity contribution >= 4 is 11.7 Å². The van der Waals surface area contributed by atoms with Crippen LogP contribution in [0.3, 0.4) is 0 Å². The zero-order valence-electron chi connectivity index (χ0n) is 21.6. The molecule has 1 saturated heterocycles. The maximum Gasteiger partial charge on any atom is 0.410 e. The van der Waals surface area contributed by atoms with Gasteiger partial charge in [0.2, 0.25) is 5.82 Å². The number of carbonyl (C=O) groups is 1. The fourth-order valence-electron chi connectivity index (χ4n) is 4.60. The molecule has 0 bridgehead atoms. The van der Waals surface area contributed by atoms with E-state index >= 15 is 0 Å². The number of nitrogens with zero attached hydrogens (tertiary/aromatic N) is 5. The number of methoxy groups -OCH3 is 1. The van der Waals surface area contributed by atoms with Gasteiger partial charge in [-0.15, -0.1) is 0 Å². The molecule has 1 amide bonds. The predicted molar refractivity (Wildman–Crippen MR) is 136 cm³/mol. The van der Waals surface area contributed by atoms with Crippen molar-refractivity contribution in [3.8, 4) is 28.6 Å². The summed E-state index contributed by atoms with van der Waals surface area (Å²) in [5.74, 6) is 1.49. The van der Waals surface area contributed by atoms with E-state index in [1.54, 1.807) is 28.8 Å². The quantitative estimate of drug-likeness (QED) is 0.437. The van der Waals surface area contributed by atoms with E-state index in [9.17, 15) is 9.59 Å². The molecule has 11 nitrogen and oxygen atoms in total. The molecule has 1 fully saturated rings. The number of nitrogens with one attached hydrogen (secondary N) is 1. The summed E-state index contributed by atoms with van der Waals surface area (Å²) in [6.07, 6.45) is 2.67. The Kier molecular flexibility index (Phi) is 6.22. The first-order chi connectivity index (χ1) is 17.6. The molecule has 0 aliphatic carbocycles. The molecule has 0 atom stereocenters. The van der Waals surface area contributed by atoms with Crippen LogP contribution in [0, 0.1) is 6.92 Å². The predicted octanol–water partition coefficient (Wildman–Crippen LogP) is 4.17. The van der Waals surface area contributed by atoms with Crippen molar-refractivity contribution in [2.45, 2.75) is 52.1 Å². The smallest absolute Gasteiger partial charge is 0.410 e.